The molecule has 5 nitrogen and oxygen atoms in total. The summed E-state index contributed by atoms with van der Waals surface area (Å²) in [5, 5.41) is 3.05. The summed E-state index contributed by atoms with van der Waals surface area (Å²) < 4.78 is 0. The second-order valence-corrected chi connectivity index (χ2v) is 3.69. The van der Waals surface area contributed by atoms with Crippen LogP contribution in [0, 0.1) is 0 Å². The Morgan fingerprint density at radius 3 is 2.88 bits per heavy atom. The van der Waals surface area contributed by atoms with Gasteiger partial charge in [0.05, 0.1) is 0 Å². The lowest BCUT2D eigenvalue weighted by molar-refractivity contribution is -0.133. The largest absolute Gasteiger partial charge is 0.368 e. The Kier molecular flexibility index (Phi) is 4.25. The number of carbonyl (C=O) groups is 2. The van der Waals surface area contributed by atoms with Gasteiger partial charge in [0.2, 0.25) is 11.8 Å². The van der Waals surface area contributed by atoms with Gasteiger partial charge in [-0.25, -0.2) is 0 Å². The number of nitrogens with two attached hydrogens (primary N) is 1. The van der Waals surface area contributed by atoms with Gasteiger partial charge in [0.25, 0.3) is 0 Å². The summed E-state index contributed by atoms with van der Waals surface area (Å²) in [5.74, 6) is -0.679. The van der Waals surface area contributed by atoms with E-state index in [1.165, 1.54) is 4.90 Å². The van der Waals surface area contributed by atoms with E-state index in [1.54, 1.807) is 12.3 Å². The third kappa shape index (κ3) is 3.20. The first kappa shape index (κ1) is 12.4. The number of carbonyl (C=O) groups excluding carboxylic acids is 2. The van der Waals surface area contributed by atoms with Gasteiger partial charge < -0.3 is 16.0 Å². The van der Waals surface area contributed by atoms with E-state index in [0.29, 0.717) is 6.54 Å². The molecule has 0 fully saturated rings. The predicted molar refractivity (Wildman–Crippen MR) is 61.3 cm³/mol. The fraction of sp³-hybridized carbons (Fsp3) is 0.455. The van der Waals surface area contributed by atoms with E-state index in [2.05, 4.69) is 5.32 Å². The van der Waals surface area contributed by atoms with Crippen LogP contribution in [-0.2, 0) is 9.59 Å². The third-order valence-corrected chi connectivity index (χ3v) is 2.25. The van der Waals surface area contributed by atoms with E-state index in [9.17, 15) is 9.59 Å². The number of allylic oxidation sites excluding steroid dienone is 2. The van der Waals surface area contributed by atoms with E-state index < -0.39 is 5.91 Å². The Morgan fingerprint density at radius 2 is 2.31 bits per heavy atom. The zero-order valence-corrected chi connectivity index (χ0v) is 9.56. The van der Waals surface area contributed by atoms with Crippen LogP contribution in [-0.4, -0.2) is 35.8 Å². The maximum Gasteiger partial charge on any atom is 0.248 e. The molecule has 0 saturated heterocycles. The van der Waals surface area contributed by atoms with Crippen LogP contribution in [0.1, 0.15) is 13.8 Å². The highest BCUT2D eigenvalue weighted by molar-refractivity contribution is 5.89. The van der Waals surface area contributed by atoms with Crippen molar-refractivity contribution in [3.8, 4) is 0 Å². The van der Waals surface area contributed by atoms with Gasteiger partial charge >= 0.3 is 0 Å². The van der Waals surface area contributed by atoms with Crippen molar-refractivity contribution in [3.05, 3.63) is 23.9 Å². The van der Waals surface area contributed by atoms with Crippen molar-refractivity contribution in [1.29, 1.82) is 0 Å². The maximum atomic E-state index is 12.0. The molecule has 0 aromatic carbocycles. The molecule has 1 aliphatic heterocycles. The second kappa shape index (κ2) is 5.46. The molecule has 1 rings (SSSR count). The molecule has 3 N–H and O–H groups in total. The van der Waals surface area contributed by atoms with Gasteiger partial charge in [-0.3, -0.25) is 9.59 Å². The number of hydrogen-bond acceptors (Lipinski definition) is 3. The Hall–Kier alpha value is -1.62. The molecule has 16 heavy (non-hydrogen) atoms. The van der Waals surface area contributed by atoms with Crippen LogP contribution in [0.3, 0.4) is 0 Å². The lowest BCUT2D eigenvalue weighted by Crippen LogP contribution is -2.45. The maximum absolute atomic E-state index is 12.0. The minimum Gasteiger partial charge on any atom is -0.368 e. The molecule has 0 bridgehead atoms. The number of nitrogens with one attached hydrogen (secondary N) is 1. The molecule has 1 atom stereocenters. The van der Waals surface area contributed by atoms with Crippen LogP contribution in [0.2, 0.25) is 0 Å². The lowest BCUT2D eigenvalue weighted by atomic mass is 10.2. The number of primary amides is 1. The molecule has 1 heterocycles. The van der Waals surface area contributed by atoms with Crippen molar-refractivity contribution in [2.75, 3.05) is 13.1 Å². The molecule has 0 aromatic rings. The minimum absolute atomic E-state index is 0.0850. The highest BCUT2D eigenvalue weighted by Crippen LogP contribution is 2.08. The van der Waals surface area contributed by atoms with E-state index in [-0.39, 0.29) is 18.5 Å². The lowest BCUT2D eigenvalue weighted by Gasteiger charge is -2.20. The highest BCUT2D eigenvalue weighted by atomic mass is 16.2. The number of amides is 2. The summed E-state index contributed by atoms with van der Waals surface area (Å²) in [6.45, 7) is 4.43. The molecular formula is C11H17N3O2. The number of nitrogens with zero attached hydrogens (tertiary/aromatic N) is 1. The fourth-order valence-corrected chi connectivity index (χ4v) is 1.51. The summed E-state index contributed by atoms with van der Waals surface area (Å²) in [6.07, 6.45) is 5.22. The van der Waals surface area contributed by atoms with Crippen molar-refractivity contribution >= 4 is 11.8 Å². The van der Waals surface area contributed by atoms with Crippen LogP contribution in [0.5, 0.6) is 0 Å². The van der Waals surface area contributed by atoms with Crippen molar-refractivity contribution in [1.82, 2.24) is 10.2 Å². The van der Waals surface area contributed by atoms with Crippen molar-refractivity contribution in [3.63, 3.8) is 0 Å². The van der Waals surface area contributed by atoms with E-state index in [0.717, 1.165) is 5.57 Å². The van der Waals surface area contributed by atoms with E-state index in [1.807, 2.05) is 19.9 Å². The number of hydrogen-bond donors (Lipinski definition) is 2. The zero-order chi connectivity index (χ0) is 12.1. The van der Waals surface area contributed by atoms with Crippen molar-refractivity contribution in [2.45, 2.75) is 19.9 Å². The van der Waals surface area contributed by atoms with E-state index in [4.69, 9.17) is 5.73 Å². The van der Waals surface area contributed by atoms with Gasteiger partial charge in [-0.2, -0.15) is 0 Å². The molecule has 0 aromatic heterocycles. The molecule has 5 heteroatoms. The normalized spacial score (nSPS) is 20.6. The Morgan fingerprint density at radius 1 is 1.62 bits per heavy atom. The predicted octanol–water partition coefficient (Wildman–Crippen LogP) is -0.248. The van der Waals surface area contributed by atoms with Crippen LogP contribution in [0.25, 0.3) is 0 Å². The summed E-state index contributed by atoms with van der Waals surface area (Å²) >= 11 is 0. The topological polar surface area (TPSA) is 75.4 Å². The Balaban J connectivity index is 2.85. The van der Waals surface area contributed by atoms with Gasteiger partial charge in [-0.15, -0.1) is 0 Å². The average molecular weight is 223 g/mol. The van der Waals surface area contributed by atoms with Crippen molar-refractivity contribution < 1.29 is 9.59 Å². The summed E-state index contributed by atoms with van der Waals surface area (Å²) in [5.41, 5.74) is 6.06. The van der Waals surface area contributed by atoms with Gasteiger partial charge in [0, 0.05) is 6.20 Å². The van der Waals surface area contributed by atoms with Crippen molar-refractivity contribution in [2.24, 2.45) is 5.73 Å². The van der Waals surface area contributed by atoms with Crippen LogP contribution in [0.15, 0.2) is 23.9 Å². The first-order valence-corrected chi connectivity index (χ1v) is 5.23. The Bertz CT molecular complexity index is 347. The van der Waals surface area contributed by atoms with Crippen LogP contribution >= 0.6 is 0 Å². The first-order chi connectivity index (χ1) is 7.54. The monoisotopic (exact) mass is 223 g/mol. The summed E-state index contributed by atoms with van der Waals surface area (Å²) in [4.78, 5) is 24.1. The average Bonchev–Trinajstić information content (AvgIpc) is 2.32. The molecular weight excluding hydrogens is 206 g/mol. The molecule has 0 spiro atoms. The van der Waals surface area contributed by atoms with Gasteiger partial charge in [0.15, 0.2) is 0 Å². The molecule has 2 amide bonds. The SMILES string of the molecule is CCNC1C=C(C)C=CN(CC(N)=O)C1=O. The molecule has 0 saturated carbocycles. The van der Waals surface area contributed by atoms with E-state index >= 15 is 0 Å². The summed E-state index contributed by atoms with van der Waals surface area (Å²) in [7, 11) is 0. The highest BCUT2D eigenvalue weighted by Gasteiger charge is 2.23. The molecule has 0 radical (unpaired) electrons. The first-order valence-electron chi connectivity index (χ1n) is 5.23. The van der Waals surface area contributed by atoms with Gasteiger partial charge in [-0.05, 0) is 19.5 Å². The zero-order valence-electron chi connectivity index (χ0n) is 9.56. The third-order valence-electron chi connectivity index (χ3n) is 2.25. The standard InChI is InChI=1S/C11H17N3O2/c1-3-13-9-6-8(2)4-5-14(11(9)16)7-10(12)15/h4-6,9,13H,3,7H2,1-2H3,(H2,12,15). The van der Waals surface area contributed by atoms with Crippen LogP contribution < -0.4 is 11.1 Å². The number of likely N-dealkylation sites (N-methyl/N-ethyl adjacent to an activating group) is 1. The molecule has 0 aliphatic carbocycles. The van der Waals surface area contributed by atoms with Crippen LogP contribution in [0.4, 0.5) is 0 Å². The minimum atomic E-state index is -0.521. The number of rotatable bonds is 4. The summed E-state index contributed by atoms with van der Waals surface area (Å²) in [6, 6.07) is -0.389. The molecule has 88 valence electrons. The fourth-order valence-electron chi connectivity index (χ4n) is 1.51. The molecule has 1 aliphatic rings. The quantitative estimate of drug-likeness (QED) is 0.690. The molecule has 1 unspecified atom stereocenters. The Labute approximate surface area is 95.0 Å². The second-order valence-electron chi connectivity index (χ2n) is 3.69. The van der Waals surface area contributed by atoms with Gasteiger partial charge in [-0.1, -0.05) is 18.6 Å². The van der Waals surface area contributed by atoms with Gasteiger partial charge in [0.1, 0.15) is 12.6 Å². The smallest absolute Gasteiger partial charge is 0.248 e.